The van der Waals surface area contributed by atoms with Gasteiger partial charge in [0.1, 0.15) is 12.3 Å². The number of rotatable bonds is 7. The number of amides is 3. The molecule has 22 heavy (non-hydrogen) atoms. The normalized spacial score (nSPS) is 14.4. The lowest BCUT2D eigenvalue weighted by Gasteiger charge is -2.18. The van der Waals surface area contributed by atoms with Crippen LogP contribution in [0.1, 0.15) is 20.3 Å². The summed E-state index contributed by atoms with van der Waals surface area (Å²) in [6.45, 7) is 6.45. The minimum absolute atomic E-state index is 0.108. The number of ether oxygens (including phenoxy) is 1. The number of nitrogens with zero attached hydrogens (tertiary/aromatic N) is 2. The molecule has 1 aromatic rings. The first-order valence-corrected chi connectivity index (χ1v) is 7.71. The highest BCUT2D eigenvalue weighted by Gasteiger charge is 2.30. The van der Waals surface area contributed by atoms with Crippen LogP contribution in [0.15, 0.2) is 24.3 Å². The van der Waals surface area contributed by atoms with Crippen molar-refractivity contribution in [3.63, 3.8) is 0 Å². The molecule has 0 atom stereocenters. The number of carbonyl (C=O) groups is 2. The predicted octanol–water partition coefficient (Wildman–Crippen LogP) is 1.85. The van der Waals surface area contributed by atoms with E-state index in [4.69, 9.17) is 4.74 Å². The fraction of sp³-hybridized carbons (Fsp3) is 0.500. The molecule has 0 bridgehead atoms. The highest BCUT2D eigenvalue weighted by Crippen LogP contribution is 2.23. The van der Waals surface area contributed by atoms with E-state index < -0.39 is 0 Å². The van der Waals surface area contributed by atoms with Crippen LogP contribution in [-0.4, -0.2) is 49.6 Å². The third-order valence-electron chi connectivity index (χ3n) is 3.46. The zero-order valence-corrected chi connectivity index (χ0v) is 13.2. The van der Waals surface area contributed by atoms with Crippen LogP contribution in [0, 0.1) is 0 Å². The molecule has 0 saturated carbocycles. The van der Waals surface area contributed by atoms with Gasteiger partial charge >= 0.3 is 6.03 Å². The Morgan fingerprint density at radius 3 is 2.59 bits per heavy atom. The second-order valence-corrected chi connectivity index (χ2v) is 5.13. The first-order valence-electron chi connectivity index (χ1n) is 7.71. The smallest absolute Gasteiger partial charge is 0.325 e. The first-order chi connectivity index (χ1) is 10.7. The average molecular weight is 305 g/mol. The molecule has 1 saturated heterocycles. The predicted molar refractivity (Wildman–Crippen MR) is 85.2 cm³/mol. The van der Waals surface area contributed by atoms with Crippen molar-refractivity contribution < 1.29 is 14.3 Å². The van der Waals surface area contributed by atoms with Crippen molar-refractivity contribution in [3.05, 3.63) is 24.3 Å². The largest absolute Gasteiger partial charge is 0.494 e. The Bertz CT molecular complexity index is 516. The van der Waals surface area contributed by atoms with Gasteiger partial charge in [-0.1, -0.05) is 6.92 Å². The van der Waals surface area contributed by atoms with E-state index in [-0.39, 0.29) is 18.5 Å². The summed E-state index contributed by atoms with van der Waals surface area (Å²) in [7, 11) is 0. The lowest BCUT2D eigenvalue weighted by atomic mass is 10.3. The molecule has 0 unspecified atom stereocenters. The summed E-state index contributed by atoms with van der Waals surface area (Å²) >= 11 is 0. The van der Waals surface area contributed by atoms with Gasteiger partial charge in [0.15, 0.2) is 0 Å². The number of benzene rings is 1. The molecular weight excluding hydrogens is 282 g/mol. The van der Waals surface area contributed by atoms with Gasteiger partial charge in [-0.05, 0) is 37.6 Å². The summed E-state index contributed by atoms with van der Waals surface area (Å²) in [5.41, 5.74) is 0.824. The van der Waals surface area contributed by atoms with Crippen molar-refractivity contribution in [2.45, 2.75) is 20.3 Å². The van der Waals surface area contributed by atoms with Crippen LogP contribution in [-0.2, 0) is 4.79 Å². The van der Waals surface area contributed by atoms with E-state index in [2.05, 4.69) is 5.32 Å². The Morgan fingerprint density at radius 1 is 1.23 bits per heavy atom. The molecular formula is C16H23N3O3. The molecule has 0 aliphatic carbocycles. The van der Waals surface area contributed by atoms with Gasteiger partial charge in [-0.15, -0.1) is 0 Å². The van der Waals surface area contributed by atoms with E-state index in [9.17, 15) is 9.59 Å². The quantitative estimate of drug-likeness (QED) is 0.836. The van der Waals surface area contributed by atoms with Crippen molar-refractivity contribution in [2.24, 2.45) is 0 Å². The number of nitrogens with one attached hydrogen (secondary N) is 1. The van der Waals surface area contributed by atoms with Gasteiger partial charge < -0.3 is 15.0 Å². The zero-order chi connectivity index (χ0) is 15.9. The van der Waals surface area contributed by atoms with E-state index >= 15 is 0 Å². The second-order valence-electron chi connectivity index (χ2n) is 5.13. The van der Waals surface area contributed by atoms with Crippen molar-refractivity contribution >= 4 is 17.6 Å². The maximum Gasteiger partial charge on any atom is 0.325 e. The Labute approximate surface area is 131 Å². The molecule has 6 heteroatoms. The number of carbonyl (C=O) groups excluding carboxylic acids is 2. The van der Waals surface area contributed by atoms with Crippen molar-refractivity contribution in [1.82, 2.24) is 10.2 Å². The van der Waals surface area contributed by atoms with Crippen molar-refractivity contribution in [2.75, 3.05) is 37.7 Å². The fourth-order valence-electron chi connectivity index (χ4n) is 2.35. The minimum Gasteiger partial charge on any atom is -0.494 e. The van der Waals surface area contributed by atoms with Gasteiger partial charge in [0.25, 0.3) is 0 Å². The van der Waals surface area contributed by atoms with Gasteiger partial charge in [-0.2, -0.15) is 0 Å². The van der Waals surface area contributed by atoms with Crippen LogP contribution in [0.4, 0.5) is 10.5 Å². The summed E-state index contributed by atoms with van der Waals surface area (Å²) in [5.74, 6) is 0.678. The molecule has 1 aliphatic heterocycles. The van der Waals surface area contributed by atoms with E-state index in [1.54, 1.807) is 9.80 Å². The molecule has 0 aromatic heterocycles. The summed E-state index contributed by atoms with van der Waals surface area (Å²) < 4.78 is 5.39. The zero-order valence-electron chi connectivity index (χ0n) is 13.2. The van der Waals surface area contributed by atoms with Gasteiger partial charge in [-0.25, -0.2) is 4.79 Å². The molecule has 1 fully saturated rings. The maximum atomic E-state index is 12.4. The number of urea groups is 1. The number of hydrogen-bond acceptors (Lipinski definition) is 3. The number of hydrogen-bond donors (Lipinski definition) is 1. The molecule has 0 radical (unpaired) electrons. The lowest BCUT2D eigenvalue weighted by molar-refractivity contribution is -0.121. The monoisotopic (exact) mass is 305 g/mol. The van der Waals surface area contributed by atoms with Gasteiger partial charge in [0, 0.05) is 25.3 Å². The summed E-state index contributed by atoms with van der Waals surface area (Å²) in [6.07, 6.45) is 0.887. The fourth-order valence-corrected chi connectivity index (χ4v) is 2.35. The minimum atomic E-state index is -0.129. The maximum absolute atomic E-state index is 12.4. The number of anilines is 1. The van der Waals surface area contributed by atoms with E-state index in [0.29, 0.717) is 26.2 Å². The highest BCUT2D eigenvalue weighted by molar-refractivity contribution is 5.96. The van der Waals surface area contributed by atoms with Crippen LogP contribution in [0.3, 0.4) is 0 Å². The SMILES string of the molecule is CCCNC(=O)CN1CCN(c2ccc(OCC)cc2)C1=O. The van der Waals surface area contributed by atoms with Crippen LogP contribution >= 0.6 is 0 Å². The van der Waals surface area contributed by atoms with Crippen molar-refractivity contribution in [1.29, 1.82) is 0 Å². The van der Waals surface area contributed by atoms with Crippen LogP contribution in [0.25, 0.3) is 0 Å². The van der Waals surface area contributed by atoms with Gasteiger partial charge in [-0.3, -0.25) is 9.69 Å². The Hall–Kier alpha value is -2.24. The van der Waals surface area contributed by atoms with E-state index in [1.165, 1.54) is 0 Å². The molecule has 120 valence electrons. The van der Waals surface area contributed by atoms with Crippen LogP contribution in [0.5, 0.6) is 5.75 Å². The molecule has 1 aliphatic rings. The van der Waals surface area contributed by atoms with Crippen LogP contribution in [0.2, 0.25) is 0 Å². The molecule has 1 aromatic carbocycles. The molecule has 3 amide bonds. The molecule has 1 heterocycles. The molecule has 1 N–H and O–H groups in total. The van der Waals surface area contributed by atoms with E-state index in [1.807, 2.05) is 38.1 Å². The standard InChI is InChI=1S/C16H23N3O3/c1-3-9-17-15(20)12-18-10-11-19(16(18)21)13-5-7-14(8-6-13)22-4-2/h5-8H,3-4,9-12H2,1-2H3,(H,17,20). The Morgan fingerprint density at radius 2 is 1.95 bits per heavy atom. The van der Waals surface area contributed by atoms with E-state index in [0.717, 1.165) is 17.9 Å². The highest BCUT2D eigenvalue weighted by atomic mass is 16.5. The lowest BCUT2D eigenvalue weighted by Crippen LogP contribution is -2.40. The molecule has 6 nitrogen and oxygen atoms in total. The third kappa shape index (κ3) is 3.90. The average Bonchev–Trinajstić information content (AvgIpc) is 2.87. The van der Waals surface area contributed by atoms with Gasteiger partial charge in [0.2, 0.25) is 5.91 Å². The molecule has 0 spiro atoms. The second kappa shape index (κ2) is 7.68. The Balaban J connectivity index is 1.94. The summed E-state index contributed by atoms with van der Waals surface area (Å²) in [4.78, 5) is 27.3. The Kier molecular flexibility index (Phi) is 5.63. The topological polar surface area (TPSA) is 61.9 Å². The third-order valence-corrected chi connectivity index (χ3v) is 3.46. The van der Waals surface area contributed by atoms with Gasteiger partial charge in [0.05, 0.1) is 6.61 Å². The van der Waals surface area contributed by atoms with Crippen molar-refractivity contribution in [3.8, 4) is 5.75 Å². The summed E-state index contributed by atoms with van der Waals surface area (Å²) in [5, 5.41) is 2.79. The van der Waals surface area contributed by atoms with Crippen LogP contribution < -0.4 is 15.0 Å². The summed E-state index contributed by atoms with van der Waals surface area (Å²) in [6, 6.07) is 7.30. The molecule has 2 rings (SSSR count). The first kappa shape index (κ1) is 16.1.